The van der Waals surface area contributed by atoms with Crippen LogP contribution in [0.25, 0.3) is 0 Å². The number of benzene rings is 1. The molecule has 0 aliphatic heterocycles. The predicted octanol–water partition coefficient (Wildman–Crippen LogP) is 2.91. The van der Waals surface area contributed by atoms with E-state index in [0.717, 1.165) is 11.8 Å². The molecule has 2 fully saturated rings. The lowest BCUT2D eigenvalue weighted by atomic mass is 9.86. The van der Waals surface area contributed by atoms with Gasteiger partial charge in [-0.05, 0) is 55.2 Å². The van der Waals surface area contributed by atoms with Crippen molar-refractivity contribution in [3.8, 4) is 6.07 Å². The minimum atomic E-state index is 0.0174. The van der Waals surface area contributed by atoms with Crippen molar-refractivity contribution in [3.05, 3.63) is 23.8 Å². The molecule has 0 spiro atoms. The molecule has 1 aromatic carbocycles. The minimum absolute atomic E-state index is 0.0174. The molecule has 20 heavy (non-hydrogen) atoms. The van der Waals surface area contributed by atoms with Gasteiger partial charge in [-0.3, -0.25) is 4.79 Å². The minimum Gasteiger partial charge on any atom is -0.399 e. The highest BCUT2D eigenvalue weighted by molar-refractivity contribution is 5.92. The standard InChI is InChI=1S/C16H19N3O/c17-9-13-7-14(18)3-4-15(13)19-16(20)8-12-6-10-1-2-11(12)5-10/h3-4,7,10-12H,1-2,5-6,8,18H2,(H,19,20). The van der Waals surface area contributed by atoms with Crippen LogP contribution in [0.4, 0.5) is 11.4 Å². The monoisotopic (exact) mass is 269 g/mol. The Bertz CT molecular complexity index is 576. The largest absolute Gasteiger partial charge is 0.399 e. The predicted molar refractivity (Wildman–Crippen MR) is 77.8 cm³/mol. The Hall–Kier alpha value is -2.02. The van der Waals surface area contributed by atoms with E-state index in [1.807, 2.05) is 0 Å². The summed E-state index contributed by atoms with van der Waals surface area (Å²) in [7, 11) is 0. The Kier molecular flexibility index (Phi) is 3.35. The smallest absolute Gasteiger partial charge is 0.224 e. The van der Waals surface area contributed by atoms with Crippen LogP contribution in [-0.2, 0) is 4.79 Å². The van der Waals surface area contributed by atoms with Crippen molar-refractivity contribution in [2.75, 3.05) is 11.1 Å². The number of hydrogen-bond acceptors (Lipinski definition) is 3. The normalized spacial score (nSPS) is 27.2. The first-order chi connectivity index (χ1) is 9.65. The van der Waals surface area contributed by atoms with Gasteiger partial charge in [-0.2, -0.15) is 5.26 Å². The summed E-state index contributed by atoms with van der Waals surface area (Å²) in [5.74, 6) is 2.15. The number of nitrogens with one attached hydrogen (secondary N) is 1. The van der Waals surface area contributed by atoms with E-state index in [2.05, 4.69) is 11.4 Å². The molecule has 0 heterocycles. The summed E-state index contributed by atoms with van der Waals surface area (Å²) in [6.07, 6.45) is 5.72. The first kappa shape index (κ1) is 13.0. The van der Waals surface area contributed by atoms with E-state index < -0.39 is 0 Å². The number of hydrogen-bond donors (Lipinski definition) is 2. The Morgan fingerprint density at radius 1 is 1.40 bits per heavy atom. The fourth-order valence-electron chi connectivity index (χ4n) is 3.83. The highest BCUT2D eigenvalue weighted by Gasteiger charge is 2.40. The van der Waals surface area contributed by atoms with Crippen molar-refractivity contribution in [2.45, 2.75) is 32.1 Å². The Labute approximate surface area is 119 Å². The average molecular weight is 269 g/mol. The summed E-state index contributed by atoms with van der Waals surface area (Å²) in [6.45, 7) is 0. The van der Waals surface area contributed by atoms with Crippen LogP contribution in [0.5, 0.6) is 0 Å². The lowest BCUT2D eigenvalue weighted by molar-refractivity contribution is -0.117. The van der Waals surface area contributed by atoms with Gasteiger partial charge in [0.15, 0.2) is 0 Å². The van der Waals surface area contributed by atoms with Gasteiger partial charge in [0.05, 0.1) is 11.3 Å². The molecule has 2 aliphatic rings. The molecule has 2 aliphatic carbocycles. The molecule has 3 unspecified atom stereocenters. The second-order valence-electron chi connectivity index (χ2n) is 6.10. The number of nitrogens with zero attached hydrogens (tertiary/aromatic N) is 1. The number of nitriles is 1. The second-order valence-corrected chi connectivity index (χ2v) is 6.10. The van der Waals surface area contributed by atoms with Gasteiger partial charge < -0.3 is 11.1 Å². The third kappa shape index (κ3) is 2.49. The molecular formula is C16H19N3O. The van der Waals surface area contributed by atoms with Gasteiger partial charge in [0.2, 0.25) is 5.91 Å². The SMILES string of the molecule is N#Cc1cc(N)ccc1NC(=O)CC1CC2CCC1C2. The molecule has 104 valence electrons. The van der Waals surface area contributed by atoms with Crippen molar-refractivity contribution >= 4 is 17.3 Å². The van der Waals surface area contributed by atoms with E-state index in [1.165, 1.54) is 25.7 Å². The molecule has 0 saturated heterocycles. The molecule has 1 amide bonds. The second kappa shape index (κ2) is 5.16. The number of nitrogen functional groups attached to an aromatic ring is 1. The molecule has 3 N–H and O–H groups in total. The molecule has 2 bridgehead atoms. The van der Waals surface area contributed by atoms with E-state index >= 15 is 0 Å². The molecule has 2 saturated carbocycles. The van der Waals surface area contributed by atoms with Crippen LogP contribution in [0, 0.1) is 29.1 Å². The molecule has 3 rings (SSSR count). The maximum absolute atomic E-state index is 12.1. The summed E-state index contributed by atoms with van der Waals surface area (Å²) in [4.78, 5) is 12.1. The lowest BCUT2D eigenvalue weighted by Crippen LogP contribution is -2.20. The van der Waals surface area contributed by atoms with E-state index in [1.54, 1.807) is 18.2 Å². The third-order valence-corrected chi connectivity index (χ3v) is 4.77. The number of nitrogens with two attached hydrogens (primary N) is 1. The van der Waals surface area contributed by atoms with E-state index in [0.29, 0.717) is 29.3 Å². The first-order valence-corrected chi connectivity index (χ1v) is 7.25. The van der Waals surface area contributed by atoms with Gasteiger partial charge in [0, 0.05) is 12.1 Å². The highest BCUT2D eigenvalue weighted by atomic mass is 16.1. The summed E-state index contributed by atoms with van der Waals surface area (Å²) >= 11 is 0. The zero-order valence-electron chi connectivity index (χ0n) is 11.4. The molecule has 4 nitrogen and oxygen atoms in total. The van der Waals surface area contributed by atoms with Gasteiger partial charge in [-0.15, -0.1) is 0 Å². The van der Waals surface area contributed by atoms with Crippen LogP contribution in [0.15, 0.2) is 18.2 Å². The number of carbonyl (C=O) groups excluding carboxylic acids is 1. The summed E-state index contributed by atoms with van der Waals surface area (Å²) in [5, 5.41) is 11.9. The van der Waals surface area contributed by atoms with Crippen LogP contribution in [0.1, 0.15) is 37.7 Å². The van der Waals surface area contributed by atoms with Gasteiger partial charge in [0.25, 0.3) is 0 Å². The summed E-state index contributed by atoms with van der Waals surface area (Å²) < 4.78 is 0. The van der Waals surface area contributed by atoms with Crippen LogP contribution in [0.3, 0.4) is 0 Å². The van der Waals surface area contributed by atoms with Crippen LogP contribution in [0.2, 0.25) is 0 Å². The Morgan fingerprint density at radius 2 is 2.25 bits per heavy atom. The topological polar surface area (TPSA) is 78.9 Å². The van der Waals surface area contributed by atoms with E-state index in [-0.39, 0.29) is 5.91 Å². The first-order valence-electron chi connectivity index (χ1n) is 7.25. The van der Waals surface area contributed by atoms with E-state index in [4.69, 9.17) is 11.0 Å². The van der Waals surface area contributed by atoms with Crippen molar-refractivity contribution in [1.29, 1.82) is 5.26 Å². The number of rotatable bonds is 3. The van der Waals surface area contributed by atoms with Crippen molar-refractivity contribution in [2.24, 2.45) is 17.8 Å². The molecule has 0 aromatic heterocycles. The van der Waals surface area contributed by atoms with Gasteiger partial charge in [-0.1, -0.05) is 6.42 Å². The molecule has 1 aromatic rings. The molecule has 3 atom stereocenters. The highest BCUT2D eigenvalue weighted by Crippen LogP contribution is 2.49. The zero-order valence-corrected chi connectivity index (χ0v) is 11.4. The van der Waals surface area contributed by atoms with Crippen molar-refractivity contribution < 1.29 is 4.79 Å². The number of amides is 1. The number of anilines is 2. The summed E-state index contributed by atoms with van der Waals surface area (Å²) in [5.41, 5.74) is 7.17. The maximum Gasteiger partial charge on any atom is 0.224 e. The Morgan fingerprint density at radius 3 is 2.90 bits per heavy atom. The summed E-state index contributed by atoms with van der Waals surface area (Å²) in [6, 6.07) is 7.06. The lowest BCUT2D eigenvalue weighted by Gasteiger charge is -2.21. The quantitative estimate of drug-likeness (QED) is 0.828. The van der Waals surface area contributed by atoms with Gasteiger partial charge in [-0.25, -0.2) is 0 Å². The van der Waals surface area contributed by atoms with Gasteiger partial charge >= 0.3 is 0 Å². The maximum atomic E-state index is 12.1. The number of fused-ring (bicyclic) bond motifs is 2. The van der Waals surface area contributed by atoms with Crippen molar-refractivity contribution in [1.82, 2.24) is 0 Å². The molecular weight excluding hydrogens is 250 g/mol. The van der Waals surface area contributed by atoms with Crippen molar-refractivity contribution in [3.63, 3.8) is 0 Å². The van der Waals surface area contributed by atoms with Crippen LogP contribution < -0.4 is 11.1 Å². The fraction of sp³-hybridized carbons (Fsp3) is 0.500. The number of carbonyl (C=O) groups is 1. The average Bonchev–Trinajstić information content (AvgIpc) is 3.03. The molecule has 0 radical (unpaired) electrons. The van der Waals surface area contributed by atoms with Gasteiger partial charge in [0.1, 0.15) is 6.07 Å². The zero-order chi connectivity index (χ0) is 14.1. The third-order valence-electron chi connectivity index (χ3n) is 4.77. The van der Waals surface area contributed by atoms with Crippen LogP contribution in [-0.4, -0.2) is 5.91 Å². The van der Waals surface area contributed by atoms with Crippen LogP contribution >= 0.6 is 0 Å². The Balaban J connectivity index is 1.63. The van der Waals surface area contributed by atoms with E-state index in [9.17, 15) is 4.79 Å². The molecule has 4 heteroatoms. The fourth-order valence-corrected chi connectivity index (χ4v) is 3.83.